The summed E-state index contributed by atoms with van der Waals surface area (Å²) in [6.45, 7) is 3.51. The number of halogens is 1. The van der Waals surface area contributed by atoms with Crippen LogP contribution in [0.5, 0.6) is 0 Å². The van der Waals surface area contributed by atoms with Crippen LogP contribution in [-0.4, -0.2) is 59.2 Å². The highest BCUT2D eigenvalue weighted by Crippen LogP contribution is 2.32. The van der Waals surface area contributed by atoms with Gasteiger partial charge in [-0.3, -0.25) is 0 Å². The van der Waals surface area contributed by atoms with Gasteiger partial charge in [0.15, 0.2) is 0 Å². The van der Waals surface area contributed by atoms with Crippen molar-refractivity contribution in [2.24, 2.45) is 0 Å². The van der Waals surface area contributed by atoms with Crippen LogP contribution < -0.4 is 4.90 Å². The first-order chi connectivity index (χ1) is 12.5. The summed E-state index contributed by atoms with van der Waals surface area (Å²) < 4.78 is 14.9. The number of likely N-dealkylation sites (N-methyl/N-ethyl adjacent to an activating group) is 1. The summed E-state index contributed by atoms with van der Waals surface area (Å²) >= 11 is 0. The summed E-state index contributed by atoms with van der Waals surface area (Å²) in [6.07, 6.45) is 2.99. The zero-order valence-electron chi connectivity index (χ0n) is 14.4. The van der Waals surface area contributed by atoms with Crippen LogP contribution in [-0.2, 0) is 0 Å². The van der Waals surface area contributed by atoms with Crippen molar-refractivity contribution in [3.8, 4) is 11.1 Å². The summed E-state index contributed by atoms with van der Waals surface area (Å²) in [7, 11) is 2.07. The van der Waals surface area contributed by atoms with Gasteiger partial charge in [0.05, 0.1) is 10.9 Å². The number of fused-ring (bicyclic) bond motifs is 1. The molecule has 0 unspecified atom stereocenters. The number of piperazine rings is 1. The second-order valence-corrected chi connectivity index (χ2v) is 6.55. The smallest absolute Gasteiger partial charge is 0.336 e. The zero-order valence-corrected chi connectivity index (χ0v) is 14.4. The van der Waals surface area contributed by atoms with E-state index in [1.165, 1.54) is 6.20 Å². The van der Waals surface area contributed by atoms with Gasteiger partial charge in [-0.1, -0.05) is 6.07 Å². The molecule has 3 heterocycles. The van der Waals surface area contributed by atoms with Crippen LogP contribution in [0.1, 0.15) is 10.4 Å². The number of benzene rings is 1. The van der Waals surface area contributed by atoms with Gasteiger partial charge in [0.25, 0.3) is 0 Å². The zero-order chi connectivity index (χ0) is 18.3. The molecule has 0 saturated carbocycles. The standard InChI is InChI=1S/C19H19FN4O2/c1-23-6-8-24(9-7-23)12-2-3-13(15(10-12)19(25)26)16-11-22-18-14(17(16)20)4-5-21-18/h2-5,10-11H,6-9H2,1H3,(H,21,22)(H,25,26). The molecule has 1 fully saturated rings. The molecule has 7 heteroatoms. The summed E-state index contributed by atoms with van der Waals surface area (Å²) in [5.41, 5.74) is 1.90. The van der Waals surface area contributed by atoms with Crippen LogP contribution in [0.2, 0.25) is 0 Å². The lowest BCUT2D eigenvalue weighted by Gasteiger charge is -2.34. The van der Waals surface area contributed by atoms with Crippen LogP contribution in [0, 0.1) is 5.82 Å². The van der Waals surface area contributed by atoms with Gasteiger partial charge >= 0.3 is 5.97 Å². The maximum absolute atomic E-state index is 14.9. The van der Waals surface area contributed by atoms with Crippen molar-refractivity contribution in [2.45, 2.75) is 0 Å². The molecule has 1 aliphatic heterocycles. The van der Waals surface area contributed by atoms with Crippen molar-refractivity contribution < 1.29 is 14.3 Å². The number of rotatable bonds is 3. The lowest BCUT2D eigenvalue weighted by Crippen LogP contribution is -2.44. The minimum atomic E-state index is -1.08. The van der Waals surface area contributed by atoms with E-state index in [0.29, 0.717) is 16.6 Å². The van der Waals surface area contributed by atoms with E-state index >= 15 is 0 Å². The third-order valence-electron chi connectivity index (χ3n) is 4.91. The number of nitrogens with zero attached hydrogens (tertiary/aromatic N) is 3. The van der Waals surface area contributed by atoms with Gasteiger partial charge in [-0.2, -0.15) is 0 Å². The number of H-pyrrole nitrogens is 1. The molecular weight excluding hydrogens is 335 g/mol. The molecule has 1 saturated heterocycles. The van der Waals surface area contributed by atoms with Gasteiger partial charge < -0.3 is 19.9 Å². The first kappa shape index (κ1) is 16.5. The van der Waals surface area contributed by atoms with E-state index in [4.69, 9.17) is 0 Å². The Labute approximate surface area is 149 Å². The molecule has 26 heavy (non-hydrogen) atoms. The van der Waals surface area contributed by atoms with Crippen molar-refractivity contribution in [3.63, 3.8) is 0 Å². The van der Waals surface area contributed by atoms with Crippen LogP contribution in [0.15, 0.2) is 36.7 Å². The number of hydrogen-bond acceptors (Lipinski definition) is 4. The maximum Gasteiger partial charge on any atom is 0.336 e. The average molecular weight is 354 g/mol. The predicted octanol–water partition coefficient (Wildman–Crippen LogP) is 2.82. The van der Waals surface area contributed by atoms with E-state index in [9.17, 15) is 14.3 Å². The second kappa shape index (κ2) is 6.42. The largest absolute Gasteiger partial charge is 0.478 e. The molecule has 6 nitrogen and oxygen atoms in total. The van der Waals surface area contributed by atoms with Gasteiger partial charge in [0, 0.05) is 55.4 Å². The fraction of sp³-hybridized carbons (Fsp3) is 0.263. The van der Waals surface area contributed by atoms with Crippen molar-refractivity contribution >= 4 is 22.7 Å². The van der Waals surface area contributed by atoms with Gasteiger partial charge in [0.2, 0.25) is 0 Å². The number of carboxylic acid groups (broad SMARTS) is 1. The van der Waals surface area contributed by atoms with Crippen LogP contribution in [0.25, 0.3) is 22.2 Å². The van der Waals surface area contributed by atoms with Crippen molar-refractivity contribution in [1.82, 2.24) is 14.9 Å². The van der Waals surface area contributed by atoms with Crippen molar-refractivity contribution in [1.29, 1.82) is 0 Å². The predicted molar refractivity (Wildman–Crippen MR) is 98.2 cm³/mol. The Morgan fingerprint density at radius 3 is 2.69 bits per heavy atom. The van der Waals surface area contributed by atoms with E-state index < -0.39 is 11.8 Å². The molecule has 0 bridgehead atoms. The topological polar surface area (TPSA) is 72.5 Å². The molecular formula is C19H19FN4O2. The van der Waals surface area contributed by atoms with Crippen LogP contribution in [0.4, 0.5) is 10.1 Å². The molecule has 1 aromatic carbocycles. The number of aromatic amines is 1. The molecule has 134 valence electrons. The number of pyridine rings is 1. The van der Waals surface area contributed by atoms with E-state index in [2.05, 4.69) is 26.8 Å². The number of aromatic nitrogens is 2. The molecule has 2 N–H and O–H groups in total. The van der Waals surface area contributed by atoms with E-state index in [1.807, 2.05) is 6.07 Å². The number of hydrogen-bond donors (Lipinski definition) is 2. The summed E-state index contributed by atoms with van der Waals surface area (Å²) in [4.78, 5) is 23.3. The highest BCUT2D eigenvalue weighted by atomic mass is 19.1. The average Bonchev–Trinajstić information content (AvgIpc) is 3.12. The molecule has 0 amide bonds. The fourth-order valence-corrected chi connectivity index (χ4v) is 3.37. The third-order valence-corrected chi connectivity index (χ3v) is 4.91. The molecule has 3 aromatic rings. The lowest BCUT2D eigenvalue weighted by atomic mass is 9.98. The van der Waals surface area contributed by atoms with Crippen LogP contribution >= 0.6 is 0 Å². The SMILES string of the molecule is CN1CCN(c2ccc(-c3cnc4[nH]ccc4c3F)c(C(=O)O)c2)CC1. The Morgan fingerprint density at radius 1 is 1.19 bits per heavy atom. The minimum Gasteiger partial charge on any atom is -0.478 e. The first-order valence-electron chi connectivity index (χ1n) is 8.47. The number of anilines is 1. The molecule has 1 aliphatic rings. The fourth-order valence-electron chi connectivity index (χ4n) is 3.37. The molecule has 4 rings (SSSR count). The number of carbonyl (C=O) groups is 1. The van der Waals surface area contributed by atoms with Gasteiger partial charge in [-0.15, -0.1) is 0 Å². The lowest BCUT2D eigenvalue weighted by molar-refractivity contribution is 0.0697. The Kier molecular flexibility index (Phi) is 4.08. The maximum atomic E-state index is 14.9. The number of carboxylic acids is 1. The van der Waals surface area contributed by atoms with E-state index in [0.717, 1.165) is 31.9 Å². The second-order valence-electron chi connectivity index (χ2n) is 6.55. The van der Waals surface area contributed by atoms with E-state index in [1.54, 1.807) is 24.4 Å². The van der Waals surface area contributed by atoms with Gasteiger partial charge in [-0.05, 0) is 25.2 Å². The number of nitrogens with one attached hydrogen (secondary N) is 1. The molecule has 2 aromatic heterocycles. The molecule has 0 radical (unpaired) electrons. The normalized spacial score (nSPS) is 15.5. The quantitative estimate of drug-likeness (QED) is 0.757. The molecule has 0 aliphatic carbocycles. The van der Waals surface area contributed by atoms with Gasteiger partial charge in [0.1, 0.15) is 11.5 Å². The van der Waals surface area contributed by atoms with Crippen molar-refractivity contribution in [3.05, 3.63) is 48.0 Å². The van der Waals surface area contributed by atoms with E-state index in [-0.39, 0.29) is 11.1 Å². The minimum absolute atomic E-state index is 0.0806. The van der Waals surface area contributed by atoms with Crippen LogP contribution in [0.3, 0.4) is 0 Å². The monoisotopic (exact) mass is 354 g/mol. The van der Waals surface area contributed by atoms with Gasteiger partial charge in [-0.25, -0.2) is 14.2 Å². The van der Waals surface area contributed by atoms with Crippen molar-refractivity contribution in [2.75, 3.05) is 38.1 Å². The molecule has 0 spiro atoms. The Hall–Kier alpha value is -2.93. The summed E-state index contributed by atoms with van der Waals surface area (Å²) in [5.74, 6) is -1.55. The molecule has 0 atom stereocenters. The highest BCUT2D eigenvalue weighted by Gasteiger charge is 2.21. The Balaban J connectivity index is 1.78. The Bertz CT molecular complexity index is 977. The highest BCUT2D eigenvalue weighted by molar-refractivity contribution is 5.98. The summed E-state index contributed by atoms with van der Waals surface area (Å²) in [5, 5.41) is 10.0. The summed E-state index contributed by atoms with van der Waals surface area (Å²) in [6, 6.07) is 6.76. The Morgan fingerprint density at radius 2 is 1.96 bits per heavy atom. The third kappa shape index (κ3) is 2.80. The first-order valence-corrected chi connectivity index (χ1v) is 8.47. The number of aromatic carboxylic acids is 1.